The van der Waals surface area contributed by atoms with Crippen molar-refractivity contribution in [3.8, 4) is 10.4 Å². The number of esters is 3. The van der Waals surface area contributed by atoms with Crippen LogP contribution in [-0.4, -0.2) is 44.3 Å². The molecule has 0 unspecified atom stereocenters. The van der Waals surface area contributed by atoms with Crippen LogP contribution in [0.15, 0.2) is 54.6 Å². The molecule has 0 radical (unpaired) electrons. The molecule has 0 bridgehead atoms. The van der Waals surface area contributed by atoms with Gasteiger partial charge in [0, 0.05) is 4.88 Å². The van der Waals surface area contributed by atoms with E-state index < -0.39 is 17.9 Å². The number of rotatable bonds is 6. The van der Waals surface area contributed by atoms with Gasteiger partial charge in [0.2, 0.25) is 0 Å². The molecule has 1 heterocycles. The van der Waals surface area contributed by atoms with Crippen molar-refractivity contribution in [2.75, 3.05) is 32.0 Å². The number of ether oxygens (including phenoxy) is 3. The molecule has 2 N–H and O–H groups in total. The number of hydrogen-bond donors (Lipinski definition) is 2. The van der Waals surface area contributed by atoms with Crippen LogP contribution in [0.2, 0.25) is 0 Å². The fourth-order valence-corrected chi connectivity index (χ4v) is 4.26. The second-order valence-electron chi connectivity index (χ2n) is 6.53. The Bertz CT molecular complexity index is 1210. The van der Waals surface area contributed by atoms with Crippen LogP contribution < -0.4 is 10.6 Å². The standard InChI is InChI=1S/C23H20N2O6S2/c1-29-20(26)14-9-10-15(21(27)30-2)17(11-14)24-23(32)25-19-16(22(28)31-3)12-18(33-19)13-7-5-4-6-8-13/h4-12H,1-3H3,(H2,24,25,32). The summed E-state index contributed by atoms with van der Waals surface area (Å²) in [6, 6.07) is 15.6. The van der Waals surface area contributed by atoms with E-state index in [-0.39, 0.29) is 21.9 Å². The highest BCUT2D eigenvalue weighted by Gasteiger charge is 2.20. The van der Waals surface area contributed by atoms with Gasteiger partial charge in [-0.05, 0) is 42.0 Å². The summed E-state index contributed by atoms with van der Waals surface area (Å²) in [5, 5.41) is 6.43. The van der Waals surface area contributed by atoms with Gasteiger partial charge in [0.05, 0.1) is 43.7 Å². The molecule has 0 saturated carbocycles. The van der Waals surface area contributed by atoms with E-state index in [1.807, 2.05) is 30.3 Å². The number of hydrogen-bond acceptors (Lipinski definition) is 8. The molecule has 0 aliphatic heterocycles. The Labute approximate surface area is 199 Å². The molecule has 2 aromatic carbocycles. The number of thiophene rings is 1. The van der Waals surface area contributed by atoms with Crippen LogP contribution in [0.3, 0.4) is 0 Å². The van der Waals surface area contributed by atoms with E-state index in [0.717, 1.165) is 10.4 Å². The summed E-state index contributed by atoms with van der Waals surface area (Å²) in [7, 11) is 3.80. The third-order valence-electron chi connectivity index (χ3n) is 4.52. The molecular formula is C23H20N2O6S2. The summed E-state index contributed by atoms with van der Waals surface area (Å²) in [6.07, 6.45) is 0. The van der Waals surface area contributed by atoms with Crippen molar-refractivity contribution in [3.05, 3.63) is 71.3 Å². The van der Waals surface area contributed by atoms with Crippen molar-refractivity contribution < 1.29 is 28.6 Å². The second-order valence-corrected chi connectivity index (χ2v) is 7.99. The summed E-state index contributed by atoms with van der Waals surface area (Å²) >= 11 is 6.73. The molecule has 3 rings (SSSR count). The lowest BCUT2D eigenvalue weighted by molar-refractivity contribution is 0.0587. The first-order chi connectivity index (χ1) is 15.9. The minimum atomic E-state index is -0.616. The molecule has 1 aromatic heterocycles. The van der Waals surface area contributed by atoms with Gasteiger partial charge >= 0.3 is 17.9 Å². The lowest BCUT2D eigenvalue weighted by Crippen LogP contribution is -2.22. The fourth-order valence-electron chi connectivity index (χ4n) is 2.93. The Balaban J connectivity index is 1.92. The first-order valence-corrected chi connectivity index (χ1v) is 10.8. The number of anilines is 2. The third kappa shape index (κ3) is 5.54. The Morgan fingerprint density at radius 2 is 1.42 bits per heavy atom. The maximum atomic E-state index is 12.3. The predicted molar refractivity (Wildman–Crippen MR) is 130 cm³/mol. The monoisotopic (exact) mass is 484 g/mol. The Hall–Kier alpha value is -3.76. The van der Waals surface area contributed by atoms with Gasteiger partial charge in [-0.15, -0.1) is 11.3 Å². The molecule has 170 valence electrons. The number of methoxy groups -OCH3 is 3. The molecule has 3 aromatic rings. The molecular weight excluding hydrogens is 464 g/mol. The minimum absolute atomic E-state index is 0.0915. The van der Waals surface area contributed by atoms with Crippen LogP contribution in [0.4, 0.5) is 10.7 Å². The maximum absolute atomic E-state index is 12.3. The topological polar surface area (TPSA) is 103 Å². The highest BCUT2D eigenvalue weighted by Crippen LogP contribution is 2.36. The number of nitrogens with one attached hydrogen (secondary N) is 2. The lowest BCUT2D eigenvalue weighted by atomic mass is 10.1. The van der Waals surface area contributed by atoms with Crippen molar-refractivity contribution in [1.82, 2.24) is 0 Å². The third-order valence-corrected chi connectivity index (χ3v) is 5.82. The number of carbonyl (C=O) groups excluding carboxylic acids is 3. The average Bonchev–Trinajstić information content (AvgIpc) is 3.26. The lowest BCUT2D eigenvalue weighted by Gasteiger charge is -2.14. The van der Waals surface area contributed by atoms with Gasteiger partial charge < -0.3 is 24.8 Å². The highest BCUT2D eigenvalue weighted by atomic mass is 32.1. The van der Waals surface area contributed by atoms with Gasteiger partial charge in [0.15, 0.2) is 5.11 Å². The summed E-state index contributed by atoms with van der Waals surface area (Å²) < 4.78 is 14.4. The zero-order valence-electron chi connectivity index (χ0n) is 18.0. The SMILES string of the molecule is COC(=O)c1ccc(C(=O)OC)c(NC(=S)Nc2sc(-c3ccccc3)cc2C(=O)OC)c1. The van der Waals surface area contributed by atoms with Crippen LogP contribution in [0.25, 0.3) is 10.4 Å². The predicted octanol–water partition coefficient (Wildman–Crippen LogP) is 4.58. The quantitative estimate of drug-likeness (QED) is 0.295. The molecule has 0 aliphatic carbocycles. The van der Waals surface area contributed by atoms with E-state index in [2.05, 4.69) is 10.6 Å². The summed E-state index contributed by atoms with van der Waals surface area (Å²) in [5.41, 5.74) is 1.86. The van der Waals surface area contributed by atoms with Crippen molar-refractivity contribution in [3.63, 3.8) is 0 Å². The highest BCUT2D eigenvalue weighted by molar-refractivity contribution is 7.80. The zero-order chi connectivity index (χ0) is 24.0. The van der Waals surface area contributed by atoms with Gasteiger partial charge in [-0.25, -0.2) is 14.4 Å². The number of carbonyl (C=O) groups is 3. The summed E-state index contributed by atoms with van der Waals surface area (Å²) in [5.74, 6) is -1.72. The Morgan fingerprint density at radius 1 is 0.788 bits per heavy atom. The molecule has 0 atom stereocenters. The fraction of sp³-hybridized carbons (Fsp3) is 0.130. The van der Waals surface area contributed by atoms with Crippen molar-refractivity contribution in [2.24, 2.45) is 0 Å². The molecule has 33 heavy (non-hydrogen) atoms. The van der Waals surface area contributed by atoms with E-state index in [1.54, 1.807) is 6.07 Å². The van der Waals surface area contributed by atoms with Crippen molar-refractivity contribution in [1.29, 1.82) is 0 Å². The van der Waals surface area contributed by atoms with Crippen molar-refractivity contribution in [2.45, 2.75) is 0 Å². The second kappa shape index (κ2) is 10.7. The normalized spacial score (nSPS) is 10.2. The molecule has 8 nitrogen and oxygen atoms in total. The minimum Gasteiger partial charge on any atom is -0.465 e. The van der Waals surface area contributed by atoms with Crippen LogP contribution in [0, 0.1) is 0 Å². The number of benzene rings is 2. The average molecular weight is 485 g/mol. The zero-order valence-corrected chi connectivity index (χ0v) is 19.6. The Kier molecular flexibility index (Phi) is 7.75. The van der Waals surface area contributed by atoms with E-state index in [0.29, 0.717) is 10.6 Å². The largest absolute Gasteiger partial charge is 0.465 e. The molecule has 0 saturated heterocycles. The number of thiocarbonyl (C=S) groups is 1. The van der Waals surface area contributed by atoms with Crippen molar-refractivity contribution >= 4 is 57.3 Å². The van der Waals surface area contributed by atoms with E-state index in [1.165, 1.54) is 50.9 Å². The van der Waals surface area contributed by atoms with Gasteiger partial charge in [-0.3, -0.25) is 0 Å². The summed E-state index contributed by atoms with van der Waals surface area (Å²) in [6.45, 7) is 0. The molecule has 0 amide bonds. The Morgan fingerprint density at radius 3 is 2.06 bits per heavy atom. The molecule has 0 spiro atoms. The van der Waals surface area contributed by atoms with Crippen LogP contribution >= 0.6 is 23.6 Å². The first-order valence-electron chi connectivity index (χ1n) is 9.54. The van der Waals surface area contributed by atoms with Crippen LogP contribution in [-0.2, 0) is 14.2 Å². The van der Waals surface area contributed by atoms with Crippen LogP contribution in [0.5, 0.6) is 0 Å². The van der Waals surface area contributed by atoms with Gasteiger partial charge in [0.25, 0.3) is 0 Å². The molecule has 0 aliphatic rings. The van der Waals surface area contributed by atoms with Gasteiger partial charge in [-0.2, -0.15) is 0 Å². The first kappa shape index (κ1) is 23.9. The van der Waals surface area contributed by atoms with Gasteiger partial charge in [-0.1, -0.05) is 30.3 Å². The molecule has 10 heteroatoms. The smallest absolute Gasteiger partial charge is 0.340 e. The summed E-state index contributed by atoms with van der Waals surface area (Å²) in [4.78, 5) is 37.2. The van der Waals surface area contributed by atoms with Crippen LogP contribution in [0.1, 0.15) is 31.1 Å². The van der Waals surface area contributed by atoms with Gasteiger partial charge in [0.1, 0.15) is 5.00 Å². The maximum Gasteiger partial charge on any atom is 0.340 e. The molecule has 0 fully saturated rings. The van der Waals surface area contributed by atoms with E-state index in [4.69, 9.17) is 26.4 Å². The van der Waals surface area contributed by atoms with E-state index in [9.17, 15) is 14.4 Å². The van der Waals surface area contributed by atoms with E-state index >= 15 is 0 Å².